The number of thioether (sulfide) groups is 1. The zero-order valence-electron chi connectivity index (χ0n) is 18.4. The van der Waals surface area contributed by atoms with Gasteiger partial charge in [-0.15, -0.1) is 10.2 Å². The van der Waals surface area contributed by atoms with Crippen molar-refractivity contribution < 1.29 is 13.2 Å². The first-order chi connectivity index (χ1) is 15.9. The van der Waals surface area contributed by atoms with Crippen LogP contribution in [0.5, 0.6) is 0 Å². The number of Topliss-reactive ketones (excluding diaryl/α,β-unsaturated/α-hetero) is 1. The molecule has 0 spiro atoms. The number of nitrogens with one attached hydrogen (secondary N) is 1. The van der Waals surface area contributed by atoms with Gasteiger partial charge in [0.1, 0.15) is 0 Å². The predicted octanol–water partition coefficient (Wildman–Crippen LogP) is 4.61. The summed E-state index contributed by atoms with van der Waals surface area (Å²) in [5.74, 6) is 0.675. The number of rotatable bonds is 9. The lowest BCUT2D eigenvalue weighted by molar-refractivity contribution is 0.101. The van der Waals surface area contributed by atoms with Gasteiger partial charge in [0.05, 0.1) is 11.4 Å². The molecule has 3 aromatic rings. The maximum absolute atomic E-state index is 12.8. The highest BCUT2D eigenvalue weighted by Crippen LogP contribution is 2.29. The number of piperidine rings is 1. The fraction of sp³-hybridized carbons (Fsp3) is 0.348. The van der Waals surface area contributed by atoms with Crippen LogP contribution >= 0.6 is 23.1 Å². The Balaban J connectivity index is 1.30. The van der Waals surface area contributed by atoms with Gasteiger partial charge in [-0.2, -0.15) is 4.31 Å². The molecule has 0 aliphatic carbocycles. The Morgan fingerprint density at radius 3 is 2.52 bits per heavy atom. The molecule has 1 saturated heterocycles. The van der Waals surface area contributed by atoms with Crippen molar-refractivity contribution in [3.05, 3.63) is 65.2 Å². The van der Waals surface area contributed by atoms with E-state index in [-0.39, 0.29) is 17.2 Å². The van der Waals surface area contributed by atoms with Gasteiger partial charge >= 0.3 is 0 Å². The summed E-state index contributed by atoms with van der Waals surface area (Å²) in [7, 11) is -3.50. The van der Waals surface area contributed by atoms with Crippen LogP contribution in [0.3, 0.4) is 0 Å². The van der Waals surface area contributed by atoms with E-state index in [0.29, 0.717) is 23.8 Å². The minimum Gasteiger partial charge on any atom is -0.353 e. The maximum atomic E-state index is 12.8. The van der Waals surface area contributed by atoms with Crippen LogP contribution in [0.2, 0.25) is 0 Å². The van der Waals surface area contributed by atoms with Gasteiger partial charge in [0.15, 0.2) is 10.1 Å². The fourth-order valence-corrected chi connectivity index (χ4v) is 6.92. The minimum absolute atomic E-state index is 0.0648. The van der Waals surface area contributed by atoms with E-state index in [9.17, 15) is 13.2 Å². The highest BCUT2D eigenvalue weighted by molar-refractivity contribution is 8.00. The fourth-order valence-electron chi connectivity index (χ4n) is 3.58. The minimum atomic E-state index is -3.50. The monoisotopic (exact) mass is 502 g/mol. The van der Waals surface area contributed by atoms with Crippen molar-refractivity contribution in [3.63, 3.8) is 0 Å². The number of carbonyl (C=O) groups is 1. The molecule has 1 aromatic heterocycles. The molecule has 33 heavy (non-hydrogen) atoms. The molecule has 0 atom stereocenters. The standard InChI is InChI=1S/C23H26N4O3S3/c1-17-7-3-4-8-19(17)16-31-23-26-25-22(32-23)24-15-21(28)18-9-11-20(12-10-18)33(29,30)27-13-5-2-6-14-27/h3-4,7-12H,2,5-6,13-16H2,1H3,(H,24,25). The molecule has 1 N–H and O–H groups in total. The molecule has 1 aliphatic heterocycles. The lowest BCUT2D eigenvalue weighted by Crippen LogP contribution is -2.35. The molecule has 0 saturated carbocycles. The number of hydrogen-bond donors (Lipinski definition) is 1. The van der Waals surface area contributed by atoms with Crippen molar-refractivity contribution in [1.82, 2.24) is 14.5 Å². The Labute approximate surface area is 202 Å². The SMILES string of the molecule is Cc1ccccc1CSc1nnc(NCC(=O)c2ccc(S(=O)(=O)N3CCCCC3)cc2)s1. The summed E-state index contributed by atoms with van der Waals surface area (Å²) in [5, 5.41) is 11.9. The summed E-state index contributed by atoms with van der Waals surface area (Å²) in [6.45, 7) is 3.26. The van der Waals surface area contributed by atoms with E-state index in [2.05, 4.69) is 34.6 Å². The molecule has 0 unspecified atom stereocenters. The number of ketones is 1. The third-order valence-corrected chi connectivity index (χ3v) is 9.52. The second-order valence-electron chi connectivity index (χ2n) is 7.85. The zero-order valence-corrected chi connectivity index (χ0v) is 20.8. The van der Waals surface area contributed by atoms with E-state index in [1.165, 1.54) is 38.9 Å². The summed E-state index contributed by atoms with van der Waals surface area (Å²) >= 11 is 3.02. The summed E-state index contributed by atoms with van der Waals surface area (Å²) in [6, 6.07) is 14.4. The molecule has 0 amide bonds. The first kappa shape index (κ1) is 23.9. The van der Waals surface area contributed by atoms with Gasteiger partial charge in [0, 0.05) is 24.4 Å². The van der Waals surface area contributed by atoms with E-state index >= 15 is 0 Å². The number of sulfonamides is 1. The van der Waals surface area contributed by atoms with Crippen molar-refractivity contribution in [2.24, 2.45) is 0 Å². The lowest BCUT2D eigenvalue weighted by atomic mass is 10.1. The Morgan fingerprint density at radius 2 is 1.79 bits per heavy atom. The van der Waals surface area contributed by atoms with E-state index in [1.54, 1.807) is 23.9 Å². The molecule has 2 heterocycles. The zero-order chi connectivity index (χ0) is 23.3. The van der Waals surface area contributed by atoms with Crippen molar-refractivity contribution in [2.75, 3.05) is 25.0 Å². The average molecular weight is 503 g/mol. The Bertz CT molecular complexity index is 1200. The molecule has 0 bridgehead atoms. The van der Waals surface area contributed by atoms with Crippen LogP contribution in [0.25, 0.3) is 0 Å². The van der Waals surface area contributed by atoms with Gasteiger partial charge in [0.2, 0.25) is 15.2 Å². The molecular formula is C23H26N4O3S3. The number of carbonyl (C=O) groups excluding carboxylic acids is 1. The van der Waals surface area contributed by atoms with E-state index in [1.807, 2.05) is 12.1 Å². The van der Waals surface area contributed by atoms with Crippen molar-refractivity contribution in [1.29, 1.82) is 0 Å². The topological polar surface area (TPSA) is 92.3 Å². The molecule has 1 fully saturated rings. The van der Waals surface area contributed by atoms with Gasteiger partial charge < -0.3 is 5.32 Å². The van der Waals surface area contributed by atoms with Gasteiger partial charge in [-0.05, 0) is 55.2 Å². The normalized spacial score (nSPS) is 14.8. The number of anilines is 1. The Morgan fingerprint density at radius 1 is 1.06 bits per heavy atom. The summed E-state index contributed by atoms with van der Waals surface area (Å²) in [6.07, 6.45) is 2.84. The molecule has 0 radical (unpaired) electrons. The number of nitrogens with zero attached hydrogens (tertiary/aromatic N) is 3. The number of aryl methyl sites for hydroxylation is 1. The second kappa shape index (κ2) is 10.8. The van der Waals surface area contributed by atoms with Gasteiger partial charge in [-0.1, -0.05) is 53.8 Å². The summed E-state index contributed by atoms with van der Waals surface area (Å²) in [5.41, 5.74) is 2.96. The average Bonchev–Trinajstić information content (AvgIpc) is 3.30. The number of aromatic nitrogens is 2. The molecular weight excluding hydrogens is 476 g/mol. The van der Waals surface area contributed by atoms with Crippen molar-refractivity contribution >= 4 is 44.0 Å². The van der Waals surface area contributed by atoms with Gasteiger partial charge in [-0.25, -0.2) is 8.42 Å². The largest absolute Gasteiger partial charge is 0.353 e. The summed E-state index contributed by atoms with van der Waals surface area (Å²) in [4.78, 5) is 12.8. The lowest BCUT2D eigenvalue weighted by Gasteiger charge is -2.25. The third-order valence-electron chi connectivity index (χ3n) is 5.55. The van der Waals surface area contributed by atoms with Crippen LogP contribution in [0.15, 0.2) is 57.8 Å². The Kier molecular flexibility index (Phi) is 7.79. The van der Waals surface area contributed by atoms with Crippen LogP contribution in [0.4, 0.5) is 5.13 Å². The first-order valence-electron chi connectivity index (χ1n) is 10.8. The van der Waals surface area contributed by atoms with Crippen LogP contribution in [0.1, 0.15) is 40.7 Å². The molecule has 4 rings (SSSR count). The number of benzene rings is 2. The van der Waals surface area contributed by atoms with Crippen molar-refractivity contribution in [2.45, 2.75) is 41.2 Å². The quantitative estimate of drug-likeness (QED) is 0.337. The van der Waals surface area contributed by atoms with E-state index < -0.39 is 10.0 Å². The molecule has 174 valence electrons. The van der Waals surface area contributed by atoms with E-state index in [4.69, 9.17) is 0 Å². The summed E-state index contributed by atoms with van der Waals surface area (Å²) < 4.78 is 27.9. The first-order valence-corrected chi connectivity index (χ1v) is 14.1. The molecule has 2 aromatic carbocycles. The van der Waals surface area contributed by atoms with Crippen LogP contribution in [-0.4, -0.2) is 48.3 Å². The highest BCUT2D eigenvalue weighted by Gasteiger charge is 2.25. The van der Waals surface area contributed by atoms with Gasteiger partial charge in [0.25, 0.3) is 0 Å². The van der Waals surface area contributed by atoms with Crippen LogP contribution in [-0.2, 0) is 15.8 Å². The second-order valence-corrected chi connectivity index (χ2v) is 12.0. The number of hydrogen-bond acceptors (Lipinski definition) is 8. The third kappa shape index (κ3) is 6.00. The van der Waals surface area contributed by atoms with Crippen molar-refractivity contribution in [3.8, 4) is 0 Å². The maximum Gasteiger partial charge on any atom is 0.243 e. The highest BCUT2D eigenvalue weighted by atomic mass is 32.2. The Hall–Kier alpha value is -2.27. The molecule has 1 aliphatic rings. The smallest absolute Gasteiger partial charge is 0.243 e. The van der Waals surface area contributed by atoms with Crippen LogP contribution < -0.4 is 5.32 Å². The van der Waals surface area contributed by atoms with E-state index in [0.717, 1.165) is 29.4 Å². The predicted molar refractivity (Wildman–Crippen MR) is 133 cm³/mol. The van der Waals surface area contributed by atoms with Gasteiger partial charge in [-0.3, -0.25) is 4.79 Å². The molecule has 10 heteroatoms. The molecule has 7 nitrogen and oxygen atoms in total. The van der Waals surface area contributed by atoms with Crippen LogP contribution in [0, 0.1) is 6.92 Å².